The summed E-state index contributed by atoms with van der Waals surface area (Å²) in [5.41, 5.74) is 13.0. The molecule has 0 aliphatic carbocycles. The molecule has 0 saturated carbocycles. The maximum absolute atomic E-state index is 13.4. The van der Waals surface area contributed by atoms with E-state index in [-0.39, 0.29) is 24.7 Å². The summed E-state index contributed by atoms with van der Waals surface area (Å²) in [7, 11) is 1.61. The number of nitrogens with two attached hydrogens (primary N) is 2. The molecule has 1 aromatic carbocycles. The van der Waals surface area contributed by atoms with E-state index in [9.17, 15) is 19.2 Å². The lowest BCUT2D eigenvalue weighted by Crippen LogP contribution is -2.57. The van der Waals surface area contributed by atoms with Crippen LogP contribution in [0.25, 0.3) is 10.9 Å². The molecular weight excluding hydrogens is 514 g/mol. The van der Waals surface area contributed by atoms with Crippen LogP contribution in [0.5, 0.6) is 0 Å². The maximum Gasteiger partial charge on any atom is 0.243 e. The van der Waals surface area contributed by atoms with Crippen LogP contribution >= 0.6 is 0 Å². The van der Waals surface area contributed by atoms with Gasteiger partial charge in [-0.3, -0.25) is 24.6 Å². The third kappa shape index (κ3) is 9.88. The Morgan fingerprint density at radius 1 is 0.950 bits per heavy atom. The summed E-state index contributed by atoms with van der Waals surface area (Å²) in [4.78, 5) is 54.4. The van der Waals surface area contributed by atoms with Gasteiger partial charge in [0.2, 0.25) is 23.6 Å². The molecule has 1 aromatic heterocycles. The number of guanidine groups is 1. The number of carbonyl (C=O) groups is 4. The maximum atomic E-state index is 13.4. The quantitative estimate of drug-likeness (QED) is 0.0798. The molecule has 1 heterocycles. The Kier molecular flexibility index (Phi) is 12.4. The summed E-state index contributed by atoms with van der Waals surface area (Å²) < 4.78 is 0. The van der Waals surface area contributed by atoms with Gasteiger partial charge in [0.25, 0.3) is 0 Å². The first-order chi connectivity index (χ1) is 18.9. The number of H-pyrrole nitrogens is 1. The zero-order valence-electron chi connectivity index (χ0n) is 23.6. The van der Waals surface area contributed by atoms with Gasteiger partial charge in [0, 0.05) is 37.1 Å². The van der Waals surface area contributed by atoms with Crippen LogP contribution in [-0.2, 0) is 25.6 Å². The Labute approximate surface area is 234 Å². The lowest BCUT2D eigenvalue weighted by molar-refractivity contribution is -0.133. The molecule has 0 saturated heterocycles. The van der Waals surface area contributed by atoms with Gasteiger partial charge >= 0.3 is 0 Å². The van der Waals surface area contributed by atoms with Crippen LogP contribution in [0, 0.1) is 11.3 Å². The van der Waals surface area contributed by atoms with Crippen molar-refractivity contribution in [2.45, 2.75) is 70.6 Å². The minimum absolute atomic E-state index is 0.0728. The van der Waals surface area contributed by atoms with E-state index in [0.717, 1.165) is 16.5 Å². The van der Waals surface area contributed by atoms with Crippen LogP contribution in [0.2, 0.25) is 0 Å². The van der Waals surface area contributed by atoms with Crippen molar-refractivity contribution < 1.29 is 19.2 Å². The predicted molar refractivity (Wildman–Crippen MR) is 154 cm³/mol. The molecule has 0 aliphatic rings. The number of hydrogen-bond donors (Lipinski definition) is 9. The number of para-hydroxylation sites is 1. The van der Waals surface area contributed by atoms with Crippen LogP contribution in [-0.4, -0.2) is 72.3 Å². The van der Waals surface area contributed by atoms with Gasteiger partial charge in [-0.2, -0.15) is 0 Å². The summed E-state index contributed by atoms with van der Waals surface area (Å²) in [5.74, 6) is -2.12. The van der Waals surface area contributed by atoms with Crippen molar-refractivity contribution in [3.8, 4) is 0 Å². The highest BCUT2D eigenvalue weighted by Crippen LogP contribution is 2.19. The van der Waals surface area contributed by atoms with Crippen molar-refractivity contribution in [2.75, 3.05) is 13.6 Å². The van der Waals surface area contributed by atoms with Crippen molar-refractivity contribution in [2.24, 2.45) is 17.4 Å². The fraction of sp³-hybridized carbons (Fsp3) is 0.519. The Morgan fingerprint density at radius 2 is 1.57 bits per heavy atom. The fourth-order valence-electron chi connectivity index (χ4n) is 4.17. The minimum Gasteiger partial charge on any atom is -0.368 e. The van der Waals surface area contributed by atoms with Crippen molar-refractivity contribution >= 4 is 40.5 Å². The van der Waals surface area contributed by atoms with E-state index >= 15 is 0 Å². The molecule has 0 bridgehead atoms. The van der Waals surface area contributed by atoms with Gasteiger partial charge in [-0.15, -0.1) is 0 Å². The lowest BCUT2D eigenvalue weighted by Gasteiger charge is -2.26. The number of amides is 4. The van der Waals surface area contributed by atoms with Gasteiger partial charge in [-0.05, 0) is 43.7 Å². The molecule has 0 unspecified atom stereocenters. The van der Waals surface area contributed by atoms with E-state index in [1.54, 1.807) is 13.2 Å². The van der Waals surface area contributed by atoms with E-state index in [1.165, 1.54) is 6.92 Å². The summed E-state index contributed by atoms with van der Waals surface area (Å²) in [6, 6.07) is 3.82. The third-order valence-corrected chi connectivity index (χ3v) is 6.37. The summed E-state index contributed by atoms with van der Waals surface area (Å²) in [5, 5.41) is 22.2. The Hall–Kier alpha value is -4.13. The second-order valence-electron chi connectivity index (χ2n) is 10.3. The summed E-state index contributed by atoms with van der Waals surface area (Å²) >= 11 is 0. The number of rotatable bonds is 15. The number of fused-ring (bicyclic) bond motifs is 1. The molecule has 0 spiro atoms. The highest BCUT2D eigenvalue weighted by atomic mass is 16.2. The molecule has 0 radical (unpaired) electrons. The Balaban J connectivity index is 2.20. The first kappa shape index (κ1) is 32.1. The first-order valence-electron chi connectivity index (χ1n) is 13.4. The van der Waals surface area contributed by atoms with Crippen LogP contribution < -0.4 is 38.1 Å². The van der Waals surface area contributed by atoms with E-state index in [0.29, 0.717) is 19.4 Å². The van der Waals surface area contributed by atoms with E-state index in [4.69, 9.17) is 16.9 Å². The number of carbonyl (C=O) groups excluding carboxylic acids is 4. The van der Waals surface area contributed by atoms with Crippen LogP contribution in [0.1, 0.15) is 45.6 Å². The van der Waals surface area contributed by atoms with Gasteiger partial charge in [-0.1, -0.05) is 32.0 Å². The topological polar surface area (TPSA) is 220 Å². The average Bonchev–Trinajstić information content (AvgIpc) is 3.31. The molecule has 4 amide bonds. The molecule has 2 rings (SSSR count). The molecule has 40 heavy (non-hydrogen) atoms. The van der Waals surface area contributed by atoms with Crippen molar-refractivity contribution in [3.63, 3.8) is 0 Å². The van der Waals surface area contributed by atoms with Gasteiger partial charge in [0.1, 0.15) is 18.1 Å². The van der Waals surface area contributed by atoms with Gasteiger partial charge in [0.05, 0.1) is 6.04 Å². The highest BCUT2D eigenvalue weighted by Gasteiger charge is 2.30. The van der Waals surface area contributed by atoms with E-state index in [2.05, 4.69) is 31.6 Å². The Bertz CT molecular complexity index is 1180. The number of hydrogen-bond acceptors (Lipinski definition) is 6. The average molecular weight is 558 g/mol. The number of aromatic nitrogens is 1. The molecule has 220 valence electrons. The fourth-order valence-corrected chi connectivity index (χ4v) is 4.17. The Morgan fingerprint density at radius 3 is 2.20 bits per heavy atom. The van der Waals surface area contributed by atoms with E-state index < -0.39 is 47.8 Å². The minimum atomic E-state index is -1.02. The molecule has 0 fully saturated rings. The number of benzene rings is 1. The molecule has 13 nitrogen and oxygen atoms in total. The molecule has 2 aromatic rings. The number of aromatic amines is 1. The zero-order valence-corrected chi connectivity index (χ0v) is 23.6. The second kappa shape index (κ2) is 15.5. The van der Waals surface area contributed by atoms with Gasteiger partial charge in [-0.25, -0.2) is 0 Å². The van der Waals surface area contributed by atoms with Crippen LogP contribution in [0.4, 0.5) is 0 Å². The highest BCUT2D eigenvalue weighted by molar-refractivity contribution is 5.95. The van der Waals surface area contributed by atoms with Crippen molar-refractivity contribution in [1.29, 1.82) is 5.41 Å². The monoisotopic (exact) mass is 557 g/mol. The van der Waals surface area contributed by atoms with Gasteiger partial charge in [0.15, 0.2) is 5.96 Å². The summed E-state index contributed by atoms with van der Waals surface area (Å²) in [6.45, 7) is 5.70. The van der Waals surface area contributed by atoms with Crippen LogP contribution in [0.3, 0.4) is 0 Å². The SMILES string of the molecule is CNC(=N)NCCC[C@H](NC(=O)[C@H](CC(C)C)NC(=O)[C@H](C)N)C(=O)N[C@@H](Cc1c[nH]c2ccccc12)C(N)=O. The van der Waals surface area contributed by atoms with Crippen LogP contribution in [0.15, 0.2) is 30.5 Å². The molecular formula is C27H43N9O4. The summed E-state index contributed by atoms with van der Waals surface area (Å²) in [6.07, 6.45) is 2.89. The number of nitrogens with one attached hydrogen (secondary N) is 7. The zero-order chi connectivity index (χ0) is 29.8. The molecule has 11 N–H and O–H groups in total. The smallest absolute Gasteiger partial charge is 0.243 e. The molecule has 4 atom stereocenters. The number of primary amides is 1. The normalized spacial score (nSPS) is 14.1. The van der Waals surface area contributed by atoms with E-state index in [1.807, 2.05) is 38.1 Å². The predicted octanol–water partition coefficient (Wildman–Crippen LogP) is -0.433. The largest absolute Gasteiger partial charge is 0.368 e. The standard InChI is InChI=1S/C27H43N9O4/c1-15(2)12-22(36-24(38)16(3)28)26(40)34-20(10-7-11-32-27(30)31-4)25(39)35-21(23(29)37)13-17-14-33-19-9-6-5-8-18(17)19/h5-6,8-9,14-16,20-22,33H,7,10-13,28H2,1-4H3,(H2,29,37)(H,34,40)(H,35,39)(H,36,38)(H3,30,31,32)/t16-,20-,21-,22-/m0/s1. The second-order valence-corrected chi connectivity index (χ2v) is 10.3. The van der Waals surface area contributed by atoms with Gasteiger partial charge < -0.3 is 43.0 Å². The van der Waals surface area contributed by atoms with Crippen molar-refractivity contribution in [3.05, 3.63) is 36.0 Å². The third-order valence-electron chi connectivity index (χ3n) is 6.37. The first-order valence-corrected chi connectivity index (χ1v) is 13.4. The van der Waals surface area contributed by atoms with Crippen molar-refractivity contribution in [1.82, 2.24) is 31.6 Å². The molecule has 13 heteroatoms. The lowest BCUT2D eigenvalue weighted by atomic mass is 10.0. The molecule has 0 aliphatic heterocycles.